The van der Waals surface area contributed by atoms with E-state index in [0.29, 0.717) is 42.0 Å². The molecule has 42 heavy (non-hydrogen) atoms. The van der Waals surface area contributed by atoms with Crippen LogP contribution in [0, 0.1) is 5.92 Å². The van der Waals surface area contributed by atoms with Gasteiger partial charge < -0.3 is 14.5 Å². The molecule has 0 bridgehead atoms. The smallest absolute Gasteiger partial charge is 0.308 e. The van der Waals surface area contributed by atoms with Crippen LogP contribution < -0.4 is 14.7 Å². The van der Waals surface area contributed by atoms with Crippen molar-refractivity contribution in [3.05, 3.63) is 73.7 Å². The van der Waals surface area contributed by atoms with Crippen molar-refractivity contribution in [2.24, 2.45) is 5.92 Å². The molecular weight excluding hydrogens is 596 g/mol. The molecule has 0 saturated carbocycles. The molecule has 4 heterocycles. The highest BCUT2D eigenvalue weighted by molar-refractivity contribution is 8.00. The molecule has 2 saturated heterocycles. The SMILES string of the molecule is CCN(CC)c1ccc([C@H]2c3sc(=O)n(CC(=O)N4CCOCC4)c3SC3C(=O)N(c4ccc(Cl)cc4)C(=O)C32)cc1. The van der Waals surface area contributed by atoms with Gasteiger partial charge in [0.1, 0.15) is 11.8 Å². The topological polar surface area (TPSA) is 92.2 Å². The number of rotatable bonds is 7. The number of thiazole rings is 1. The number of imide groups is 1. The maximum Gasteiger partial charge on any atom is 0.308 e. The normalized spacial score (nSPS) is 21.8. The Morgan fingerprint density at radius 1 is 0.976 bits per heavy atom. The second kappa shape index (κ2) is 11.9. The quantitative estimate of drug-likeness (QED) is 0.365. The van der Waals surface area contributed by atoms with E-state index in [1.807, 2.05) is 24.3 Å². The molecule has 1 aromatic heterocycles. The maximum atomic E-state index is 14.1. The monoisotopic (exact) mass is 626 g/mol. The average Bonchev–Trinajstić information content (AvgIpc) is 3.45. The number of amides is 3. The second-order valence-corrected chi connectivity index (χ2v) is 13.0. The largest absolute Gasteiger partial charge is 0.378 e. The number of morpholine rings is 1. The van der Waals surface area contributed by atoms with E-state index in [2.05, 4.69) is 18.7 Å². The molecule has 6 rings (SSSR count). The van der Waals surface area contributed by atoms with Crippen LogP contribution in [0.5, 0.6) is 0 Å². The van der Waals surface area contributed by atoms with E-state index in [1.54, 1.807) is 29.2 Å². The molecule has 12 heteroatoms. The van der Waals surface area contributed by atoms with Crippen molar-refractivity contribution in [3.8, 4) is 0 Å². The number of carbonyl (C=O) groups excluding carboxylic acids is 3. The number of nitrogens with zero attached hydrogens (tertiary/aromatic N) is 4. The molecule has 3 aliphatic heterocycles. The van der Waals surface area contributed by atoms with Crippen LogP contribution >= 0.6 is 34.7 Å². The van der Waals surface area contributed by atoms with Crippen LogP contribution in [0.3, 0.4) is 0 Å². The summed E-state index contributed by atoms with van der Waals surface area (Å²) in [4.78, 5) is 60.2. The maximum absolute atomic E-state index is 14.1. The van der Waals surface area contributed by atoms with Gasteiger partial charge in [0.2, 0.25) is 17.7 Å². The molecular formula is C30H31ClN4O5S2. The van der Waals surface area contributed by atoms with Gasteiger partial charge in [-0.2, -0.15) is 0 Å². The number of hydrogen-bond acceptors (Lipinski definition) is 8. The summed E-state index contributed by atoms with van der Waals surface area (Å²) in [7, 11) is 0. The van der Waals surface area contributed by atoms with Crippen LogP contribution in [-0.2, 0) is 25.7 Å². The molecule has 3 atom stereocenters. The van der Waals surface area contributed by atoms with Gasteiger partial charge in [-0.15, -0.1) is 0 Å². The third-order valence-electron chi connectivity index (χ3n) is 8.17. The second-order valence-electron chi connectivity index (χ2n) is 10.4. The summed E-state index contributed by atoms with van der Waals surface area (Å²) >= 11 is 8.37. The predicted octanol–water partition coefficient (Wildman–Crippen LogP) is 4.06. The van der Waals surface area contributed by atoms with E-state index >= 15 is 0 Å². The summed E-state index contributed by atoms with van der Waals surface area (Å²) in [6, 6.07) is 14.7. The van der Waals surface area contributed by atoms with Gasteiger partial charge in [0, 0.05) is 47.7 Å². The summed E-state index contributed by atoms with van der Waals surface area (Å²) in [5, 5.41) is 0.351. The van der Waals surface area contributed by atoms with Crippen LogP contribution in [0.2, 0.25) is 5.02 Å². The van der Waals surface area contributed by atoms with E-state index in [0.717, 1.165) is 40.6 Å². The number of ether oxygens (including phenoxy) is 1. The molecule has 0 N–H and O–H groups in total. The summed E-state index contributed by atoms with van der Waals surface area (Å²) in [6.07, 6.45) is 0. The van der Waals surface area contributed by atoms with Crippen molar-refractivity contribution in [2.45, 2.75) is 36.6 Å². The van der Waals surface area contributed by atoms with E-state index in [-0.39, 0.29) is 29.1 Å². The van der Waals surface area contributed by atoms with Crippen LogP contribution in [0.15, 0.2) is 58.4 Å². The van der Waals surface area contributed by atoms with Crippen LogP contribution in [0.1, 0.15) is 30.2 Å². The van der Waals surface area contributed by atoms with Crippen molar-refractivity contribution >= 4 is 63.8 Å². The van der Waals surface area contributed by atoms with Crippen LogP contribution in [0.4, 0.5) is 11.4 Å². The third kappa shape index (κ3) is 5.06. The molecule has 3 aliphatic rings. The van der Waals surface area contributed by atoms with Gasteiger partial charge in [0.05, 0.1) is 29.8 Å². The Morgan fingerprint density at radius 3 is 2.29 bits per heavy atom. The number of hydrogen-bond donors (Lipinski definition) is 0. The number of carbonyl (C=O) groups is 3. The first-order chi connectivity index (χ1) is 20.3. The zero-order chi connectivity index (χ0) is 29.5. The lowest BCUT2D eigenvalue weighted by molar-refractivity contribution is -0.136. The van der Waals surface area contributed by atoms with Crippen molar-refractivity contribution in [1.82, 2.24) is 9.47 Å². The van der Waals surface area contributed by atoms with E-state index in [1.165, 1.54) is 21.2 Å². The van der Waals surface area contributed by atoms with Gasteiger partial charge in [-0.1, -0.05) is 46.8 Å². The van der Waals surface area contributed by atoms with Crippen LogP contribution in [-0.4, -0.2) is 71.8 Å². The summed E-state index contributed by atoms with van der Waals surface area (Å²) in [5.74, 6) is -2.02. The first-order valence-corrected chi connectivity index (χ1v) is 16.1. The minimum Gasteiger partial charge on any atom is -0.378 e. The number of benzene rings is 2. The van der Waals surface area contributed by atoms with Gasteiger partial charge in [0.25, 0.3) is 0 Å². The Bertz CT molecular complexity index is 1560. The fourth-order valence-corrected chi connectivity index (χ4v) is 8.89. The fraction of sp³-hybridized carbons (Fsp3) is 0.400. The number of fused-ring (bicyclic) bond motifs is 2. The predicted molar refractivity (Wildman–Crippen MR) is 165 cm³/mol. The van der Waals surface area contributed by atoms with Gasteiger partial charge in [-0.3, -0.25) is 23.7 Å². The minimum atomic E-state index is -0.744. The van der Waals surface area contributed by atoms with Gasteiger partial charge in [0.15, 0.2) is 0 Å². The Morgan fingerprint density at radius 2 is 1.64 bits per heavy atom. The van der Waals surface area contributed by atoms with Crippen molar-refractivity contribution in [2.75, 3.05) is 49.2 Å². The number of thioether (sulfide) groups is 1. The summed E-state index contributed by atoms with van der Waals surface area (Å²) in [5.41, 5.74) is 2.38. The highest BCUT2D eigenvalue weighted by Crippen LogP contribution is 2.54. The molecule has 220 valence electrons. The minimum absolute atomic E-state index is 0.119. The zero-order valence-electron chi connectivity index (χ0n) is 23.3. The van der Waals surface area contributed by atoms with E-state index in [9.17, 15) is 19.2 Å². The summed E-state index contributed by atoms with van der Waals surface area (Å²) < 4.78 is 6.86. The lowest BCUT2D eigenvalue weighted by Crippen LogP contribution is -2.43. The average molecular weight is 627 g/mol. The first kappa shape index (κ1) is 29.0. The third-order valence-corrected chi connectivity index (χ3v) is 11.0. The van der Waals surface area contributed by atoms with Crippen molar-refractivity contribution < 1.29 is 19.1 Å². The van der Waals surface area contributed by atoms with Gasteiger partial charge in [-0.25, -0.2) is 4.90 Å². The zero-order valence-corrected chi connectivity index (χ0v) is 25.7. The number of anilines is 2. The van der Waals surface area contributed by atoms with Gasteiger partial charge in [-0.05, 0) is 55.8 Å². The molecule has 9 nitrogen and oxygen atoms in total. The lowest BCUT2D eigenvalue weighted by Gasteiger charge is -2.31. The Balaban J connectivity index is 1.43. The molecule has 0 aliphatic carbocycles. The van der Waals surface area contributed by atoms with E-state index in [4.69, 9.17) is 16.3 Å². The van der Waals surface area contributed by atoms with Crippen molar-refractivity contribution in [3.63, 3.8) is 0 Å². The molecule has 3 amide bonds. The molecule has 0 radical (unpaired) electrons. The molecule has 2 fully saturated rings. The molecule has 2 aromatic carbocycles. The lowest BCUT2D eigenvalue weighted by atomic mass is 9.83. The van der Waals surface area contributed by atoms with Gasteiger partial charge >= 0.3 is 4.87 Å². The molecule has 2 unspecified atom stereocenters. The Labute approximate surface area is 257 Å². The Hall–Kier alpha value is -3.12. The molecule has 0 spiro atoms. The number of halogens is 1. The van der Waals surface area contributed by atoms with Crippen LogP contribution in [0.25, 0.3) is 0 Å². The standard InChI is InChI=1S/C30H31ClN4O5S2/c1-3-32(4-2)20-9-5-18(6-10-20)23-24-25(28(38)35(27(24)37)21-11-7-19(31)8-12-21)41-29-26(23)42-30(39)34(29)17-22(36)33-13-15-40-16-14-33/h5-12,23-25H,3-4,13-17H2,1-2H3/t23-,24?,25?/m1/s1. The highest BCUT2D eigenvalue weighted by atomic mass is 35.5. The van der Waals surface area contributed by atoms with Crippen molar-refractivity contribution in [1.29, 1.82) is 0 Å². The Kier molecular flexibility index (Phi) is 8.19. The van der Waals surface area contributed by atoms with E-state index < -0.39 is 17.1 Å². The first-order valence-electron chi connectivity index (χ1n) is 14.1. The number of aromatic nitrogens is 1. The molecule has 3 aromatic rings. The summed E-state index contributed by atoms with van der Waals surface area (Å²) in [6.45, 7) is 7.66. The fourth-order valence-electron chi connectivity index (χ4n) is 5.99. The highest BCUT2D eigenvalue weighted by Gasteiger charge is 2.56.